The topological polar surface area (TPSA) is 70.9 Å². The highest BCUT2D eigenvalue weighted by Crippen LogP contribution is 2.47. The van der Waals surface area contributed by atoms with Gasteiger partial charge in [-0.25, -0.2) is 5.43 Å². The summed E-state index contributed by atoms with van der Waals surface area (Å²) in [5.74, 6) is 0.647. The highest BCUT2D eigenvalue weighted by atomic mass is 16.5. The zero-order valence-corrected chi connectivity index (χ0v) is 12.8. The maximum Gasteiger partial charge on any atom is 0.243 e. The van der Waals surface area contributed by atoms with E-state index in [9.17, 15) is 9.90 Å². The van der Waals surface area contributed by atoms with Crippen molar-refractivity contribution in [2.24, 2.45) is 11.0 Å². The van der Waals surface area contributed by atoms with E-state index in [1.807, 2.05) is 30.3 Å². The zero-order valence-electron chi connectivity index (χ0n) is 12.8. The van der Waals surface area contributed by atoms with Crippen LogP contribution in [0.3, 0.4) is 0 Å². The molecule has 0 aromatic heterocycles. The summed E-state index contributed by atoms with van der Waals surface area (Å²) in [5.41, 5.74) is 4.50. The van der Waals surface area contributed by atoms with Crippen LogP contribution in [0.25, 0.3) is 0 Å². The van der Waals surface area contributed by atoms with E-state index in [2.05, 4.69) is 10.5 Å². The van der Waals surface area contributed by atoms with Crippen LogP contribution in [0, 0.1) is 5.92 Å². The molecule has 2 N–H and O–H groups in total. The number of rotatable bonds is 5. The Hall–Kier alpha value is -2.82. The summed E-state index contributed by atoms with van der Waals surface area (Å²) in [7, 11) is 1.48. The van der Waals surface area contributed by atoms with Gasteiger partial charge in [-0.15, -0.1) is 0 Å². The van der Waals surface area contributed by atoms with Crippen LogP contribution in [-0.4, -0.2) is 24.3 Å². The molecule has 1 amide bonds. The summed E-state index contributed by atoms with van der Waals surface area (Å²) in [6, 6.07) is 14.9. The van der Waals surface area contributed by atoms with E-state index in [4.69, 9.17) is 4.74 Å². The molecule has 23 heavy (non-hydrogen) atoms. The van der Waals surface area contributed by atoms with Crippen LogP contribution in [-0.2, 0) is 4.79 Å². The second kappa shape index (κ2) is 6.52. The summed E-state index contributed by atoms with van der Waals surface area (Å²) < 4.78 is 5.03. The van der Waals surface area contributed by atoms with Gasteiger partial charge >= 0.3 is 0 Å². The van der Waals surface area contributed by atoms with Gasteiger partial charge in [0.15, 0.2) is 11.5 Å². The van der Waals surface area contributed by atoms with Gasteiger partial charge in [0.25, 0.3) is 0 Å². The Morgan fingerprint density at radius 2 is 2.09 bits per heavy atom. The predicted octanol–water partition coefficient (Wildman–Crippen LogP) is 2.65. The van der Waals surface area contributed by atoms with Gasteiger partial charge in [-0.05, 0) is 41.7 Å². The molecule has 1 aliphatic rings. The van der Waals surface area contributed by atoms with Gasteiger partial charge in [-0.3, -0.25) is 4.79 Å². The first-order valence-electron chi connectivity index (χ1n) is 7.44. The van der Waals surface area contributed by atoms with Crippen LogP contribution < -0.4 is 10.2 Å². The lowest BCUT2D eigenvalue weighted by Gasteiger charge is -2.03. The average Bonchev–Trinajstić information content (AvgIpc) is 3.38. The molecule has 5 nitrogen and oxygen atoms in total. The number of nitrogens with one attached hydrogen (secondary N) is 1. The van der Waals surface area contributed by atoms with Crippen LogP contribution in [0.15, 0.2) is 53.6 Å². The lowest BCUT2D eigenvalue weighted by atomic mass is 10.1. The molecule has 2 atom stereocenters. The number of ether oxygens (including phenoxy) is 1. The van der Waals surface area contributed by atoms with Crippen molar-refractivity contribution in [1.29, 1.82) is 0 Å². The van der Waals surface area contributed by atoms with E-state index in [0.717, 1.165) is 12.0 Å². The Kier molecular flexibility index (Phi) is 4.28. The van der Waals surface area contributed by atoms with E-state index in [1.165, 1.54) is 25.0 Å². The average molecular weight is 310 g/mol. The first-order chi connectivity index (χ1) is 11.2. The molecular formula is C18H18N2O3. The maximum atomic E-state index is 12.1. The third kappa shape index (κ3) is 3.51. The van der Waals surface area contributed by atoms with Crippen molar-refractivity contribution in [1.82, 2.24) is 5.43 Å². The first kappa shape index (κ1) is 15.1. The van der Waals surface area contributed by atoms with Crippen molar-refractivity contribution in [2.45, 2.75) is 12.3 Å². The number of carbonyl (C=O) groups is 1. The fourth-order valence-electron chi connectivity index (χ4n) is 2.58. The van der Waals surface area contributed by atoms with Gasteiger partial charge < -0.3 is 9.84 Å². The van der Waals surface area contributed by atoms with Gasteiger partial charge in [0.05, 0.1) is 13.3 Å². The molecule has 0 aliphatic heterocycles. The van der Waals surface area contributed by atoms with E-state index in [-0.39, 0.29) is 17.6 Å². The van der Waals surface area contributed by atoms with Crippen LogP contribution in [0.5, 0.6) is 11.5 Å². The number of phenolic OH excluding ortho intramolecular Hbond substituents is 1. The van der Waals surface area contributed by atoms with Crippen LogP contribution in [0.1, 0.15) is 23.5 Å². The third-order valence-corrected chi connectivity index (χ3v) is 3.95. The normalized spacial score (nSPS) is 19.5. The second-order valence-corrected chi connectivity index (χ2v) is 5.52. The number of aromatic hydroxyl groups is 1. The van der Waals surface area contributed by atoms with E-state index >= 15 is 0 Å². The van der Waals surface area contributed by atoms with Gasteiger partial charge in [-0.1, -0.05) is 30.3 Å². The molecule has 0 radical (unpaired) electrons. The molecule has 5 heteroatoms. The quantitative estimate of drug-likeness (QED) is 0.659. The number of hydrazone groups is 1. The van der Waals surface area contributed by atoms with Gasteiger partial charge in [0.2, 0.25) is 5.91 Å². The summed E-state index contributed by atoms with van der Waals surface area (Å²) in [6.45, 7) is 0. The summed E-state index contributed by atoms with van der Waals surface area (Å²) in [5, 5.41) is 13.5. The number of phenols is 1. The standard InChI is InChI=1S/C18H18N2O3/c1-23-17-9-12(7-8-16(17)21)11-19-20-18(22)15-10-14(15)13-5-3-2-4-6-13/h2-9,11,14-15,21H,10H2,1H3,(H,20,22)/b19-11-/t14-,15+/m0/s1. The Labute approximate surface area is 134 Å². The molecule has 1 aliphatic carbocycles. The molecule has 0 bridgehead atoms. The van der Waals surface area contributed by atoms with Gasteiger partial charge in [0.1, 0.15) is 0 Å². The van der Waals surface area contributed by atoms with Crippen LogP contribution in [0.4, 0.5) is 0 Å². The number of benzene rings is 2. The number of hydrogen-bond donors (Lipinski definition) is 2. The van der Waals surface area contributed by atoms with Crippen molar-refractivity contribution in [2.75, 3.05) is 7.11 Å². The summed E-state index contributed by atoms with van der Waals surface area (Å²) in [6.07, 6.45) is 2.39. The number of nitrogens with zero attached hydrogens (tertiary/aromatic N) is 1. The Bertz CT molecular complexity index is 728. The lowest BCUT2D eigenvalue weighted by Crippen LogP contribution is -2.20. The number of methoxy groups -OCH3 is 1. The van der Waals surface area contributed by atoms with Crippen LogP contribution >= 0.6 is 0 Å². The van der Waals surface area contributed by atoms with E-state index in [0.29, 0.717) is 11.7 Å². The molecule has 0 saturated heterocycles. The molecular weight excluding hydrogens is 292 g/mol. The molecule has 2 aromatic carbocycles. The van der Waals surface area contributed by atoms with Crippen molar-refractivity contribution in [3.63, 3.8) is 0 Å². The highest BCUT2D eigenvalue weighted by Gasteiger charge is 2.43. The summed E-state index contributed by atoms with van der Waals surface area (Å²) in [4.78, 5) is 12.1. The SMILES string of the molecule is COc1cc(/C=N\NC(=O)[C@@H]2C[C@H]2c2ccccc2)ccc1O. The second-order valence-electron chi connectivity index (χ2n) is 5.52. The molecule has 0 spiro atoms. The number of carbonyl (C=O) groups excluding carboxylic acids is 1. The Morgan fingerprint density at radius 3 is 2.83 bits per heavy atom. The highest BCUT2D eigenvalue weighted by molar-refractivity contribution is 5.86. The molecule has 0 heterocycles. The predicted molar refractivity (Wildman–Crippen MR) is 87.7 cm³/mol. The maximum absolute atomic E-state index is 12.1. The minimum absolute atomic E-state index is 0.0103. The Morgan fingerprint density at radius 1 is 1.30 bits per heavy atom. The van der Waals surface area contributed by atoms with E-state index < -0.39 is 0 Å². The third-order valence-electron chi connectivity index (χ3n) is 3.95. The first-order valence-corrected chi connectivity index (χ1v) is 7.44. The molecule has 3 rings (SSSR count). The molecule has 2 aromatic rings. The Balaban J connectivity index is 1.56. The summed E-state index contributed by atoms with van der Waals surface area (Å²) >= 11 is 0. The monoisotopic (exact) mass is 310 g/mol. The van der Waals surface area contributed by atoms with E-state index in [1.54, 1.807) is 12.1 Å². The van der Waals surface area contributed by atoms with Gasteiger partial charge in [-0.2, -0.15) is 5.10 Å². The molecule has 1 saturated carbocycles. The molecule has 0 unspecified atom stereocenters. The minimum Gasteiger partial charge on any atom is -0.504 e. The smallest absolute Gasteiger partial charge is 0.243 e. The van der Waals surface area contributed by atoms with Crippen molar-refractivity contribution in [3.05, 3.63) is 59.7 Å². The lowest BCUT2D eigenvalue weighted by molar-refractivity contribution is -0.122. The number of amides is 1. The fourth-order valence-corrected chi connectivity index (χ4v) is 2.58. The van der Waals surface area contributed by atoms with Crippen molar-refractivity contribution < 1.29 is 14.6 Å². The van der Waals surface area contributed by atoms with Crippen molar-refractivity contribution >= 4 is 12.1 Å². The van der Waals surface area contributed by atoms with Crippen molar-refractivity contribution in [3.8, 4) is 11.5 Å². The molecule has 1 fully saturated rings. The zero-order chi connectivity index (χ0) is 16.2. The number of hydrogen-bond acceptors (Lipinski definition) is 4. The molecule has 118 valence electrons. The van der Waals surface area contributed by atoms with Gasteiger partial charge in [0, 0.05) is 5.92 Å². The van der Waals surface area contributed by atoms with Crippen LogP contribution in [0.2, 0.25) is 0 Å². The largest absolute Gasteiger partial charge is 0.504 e. The fraction of sp³-hybridized carbons (Fsp3) is 0.222. The minimum atomic E-state index is -0.0687.